The smallest absolute Gasteiger partial charge is 0.221 e. The van der Waals surface area contributed by atoms with Crippen molar-refractivity contribution in [3.63, 3.8) is 0 Å². The third-order valence-electron chi connectivity index (χ3n) is 4.61. The lowest BCUT2D eigenvalue weighted by Gasteiger charge is -2.17. The van der Waals surface area contributed by atoms with Gasteiger partial charge in [0.15, 0.2) is 0 Å². The molecule has 2 aromatic heterocycles. The van der Waals surface area contributed by atoms with Crippen LogP contribution < -0.4 is 5.32 Å². The number of amides is 1. The van der Waals surface area contributed by atoms with Gasteiger partial charge in [0.2, 0.25) is 5.91 Å². The molecule has 0 saturated carbocycles. The molecule has 0 radical (unpaired) electrons. The lowest BCUT2D eigenvalue weighted by molar-refractivity contribution is -0.114. The number of anilines is 1. The van der Waals surface area contributed by atoms with Crippen LogP contribution in [0.15, 0.2) is 73.6 Å². The zero-order valence-electron chi connectivity index (χ0n) is 15.6. The van der Waals surface area contributed by atoms with E-state index < -0.39 is 0 Å². The highest BCUT2D eigenvalue weighted by molar-refractivity contribution is 5.88. The molecular weight excluding hydrogens is 352 g/mol. The van der Waals surface area contributed by atoms with Gasteiger partial charge in [0, 0.05) is 30.6 Å². The number of carbonyl (C=O) groups is 1. The van der Waals surface area contributed by atoms with Gasteiger partial charge in [-0.1, -0.05) is 12.1 Å². The fourth-order valence-electron chi connectivity index (χ4n) is 3.16. The van der Waals surface area contributed by atoms with Crippen LogP contribution in [-0.2, 0) is 4.79 Å². The Bertz CT molecular complexity index is 1070. The van der Waals surface area contributed by atoms with Gasteiger partial charge in [-0.05, 0) is 48.9 Å². The molecule has 0 fully saturated rings. The van der Waals surface area contributed by atoms with E-state index in [1.165, 1.54) is 13.3 Å². The van der Waals surface area contributed by atoms with E-state index in [1.54, 1.807) is 17.2 Å². The SMILES string of the molecule is CC(=O)Nc1ccc(-c2nccn2[C@H](C)c2ccc(-n3cncn3)cc2)cc1. The third-order valence-corrected chi connectivity index (χ3v) is 4.61. The van der Waals surface area contributed by atoms with Gasteiger partial charge in [0.05, 0.1) is 11.7 Å². The second kappa shape index (κ2) is 7.48. The van der Waals surface area contributed by atoms with Crippen molar-refractivity contribution in [1.29, 1.82) is 0 Å². The summed E-state index contributed by atoms with van der Waals surface area (Å²) >= 11 is 0. The number of nitrogens with one attached hydrogen (secondary N) is 1. The molecule has 4 aromatic rings. The van der Waals surface area contributed by atoms with Crippen LogP contribution in [0.3, 0.4) is 0 Å². The monoisotopic (exact) mass is 372 g/mol. The van der Waals surface area contributed by atoms with E-state index in [0.717, 1.165) is 28.3 Å². The van der Waals surface area contributed by atoms with Gasteiger partial charge in [-0.2, -0.15) is 5.10 Å². The Morgan fingerprint density at radius 1 is 1.07 bits per heavy atom. The van der Waals surface area contributed by atoms with Gasteiger partial charge < -0.3 is 9.88 Å². The van der Waals surface area contributed by atoms with Crippen LogP contribution in [0.2, 0.25) is 0 Å². The number of hydrogen-bond donors (Lipinski definition) is 1. The van der Waals surface area contributed by atoms with Crippen LogP contribution in [0.5, 0.6) is 0 Å². The van der Waals surface area contributed by atoms with Gasteiger partial charge in [-0.25, -0.2) is 14.6 Å². The molecule has 7 nitrogen and oxygen atoms in total. The molecule has 28 heavy (non-hydrogen) atoms. The van der Waals surface area contributed by atoms with Crippen molar-refractivity contribution in [3.8, 4) is 17.1 Å². The molecule has 2 heterocycles. The second-order valence-electron chi connectivity index (χ2n) is 6.52. The van der Waals surface area contributed by atoms with Gasteiger partial charge in [-0.3, -0.25) is 4.79 Å². The molecule has 0 bridgehead atoms. The predicted octanol–water partition coefficient (Wildman–Crippen LogP) is 3.70. The minimum atomic E-state index is -0.0859. The number of carbonyl (C=O) groups excluding carboxylic acids is 1. The number of rotatable bonds is 5. The van der Waals surface area contributed by atoms with E-state index in [4.69, 9.17) is 0 Å². The van der Waals surface area contributed by atoms with Gasteiger partial charge in [-0.15, -0.1) is 0 Å². The zero-order valence-corrected chi connectivity index (χ0v) is 15.6. The van der Waals surface area contributed by atoms with E-state index in [1.807, 2.05) is 42.6 Å². The molecule has 1 amide bonds. The number of hydrogen-bond acceptors (Lipinski definition) is 4. The van der Waals surface area contributed by atoms with Crippen LogP contribution in [0.1, 0.15) is 25.5 Å². The van der Waals surface area contributed by atoms with Crippen molar-refractivity contribution in [2.45, 2.75) is 19.9 Å². The quantitative estimate of drug-likeness (QED) is 0.579. The van der Waals surface area contributed by atoms with E-state index in [2.05, 4.69) is 44.0 Å². The van der Waals surface area contributed by atoms with Crippen molar-refractivity contribution in [2.24, 2.45) is 0 Å². The van der Waals surface area contributed by atoms with Crippen LogP contribution >= 0.6 is 0 Å². The maximum Gasteiger partial charge on any atom is 0.221 e. The van der Waals surface area contributed by atoms with Gasteiger partial charge in [0.25, 0.3) is 0 Å². The highest BCUT2D eigenvalue weighted by atomic mass is 16.1. The molecule has 0 aliphatic heterocycles. The van der Waals surface area contributed by atoms with E-state index >= 15 is 0 Å². The summed E-state index contributed by atoms with van der Waals surface area (Å²) in [4.78, 5) is 19.7. The van der Waals surface area contributed by atoms with Crippen molar-refractivity contribution in [1.82, 2.24) is 24.3 Å². The molecule has 4 rings (SSSR count). The molecule has 1 N–H and O–H groups in total. The topological polar surface area (TPSA) is 77.6 Å². The molecule has 0 aliphatic carbocycles. The Morgan fingerprint density at radius 3 is 2.46 bits per heavy atom. The minimum Gasteiger partial charge on any atom is -0.326 e. The molecule has 0 spiro atoms. The van der Waals surface area contributed by atoms with E-state index in [-0.39, 0.29) is 11.9 Å². The van der Waals surface area contributed by atoms with Crippen molar-refractivity contribution in [3.05, 3.63) is 79.1 Å². The Hall–Kier alpha value is -3.74. The summed E-state index contributed by atoms with van der Waals surface area (Å²) in [7, 11) is 0. The number of aromatic nitrogens is 5. The second-order valence-corrected chi connectivity index (χ2v) is 6.52. The summed E-state index contributed by atoms with van der Waals surface area (Å²) in [5.41, 5.74) is 3.89. The minimum absolute atomic E-state index is 0.0859. The lowest BCUT2D eigenvalue weighted by Crippen LogP contribution is -2.08. The Kier molecular flexibility index (Phi) is 4.72. The summed E-state index contributed by atoms with van der Waals surface area (Å²) in [6.07, 6.45) is 6.98. The molecule has 0 aliphatic rings. The lowest BCUT2D eigenvalue weighted by atomic mass is 10.1. The third kappa shape index (κ3) is 3.55. The summed E-state index contributed by atoms with van der Waals surface area (Å²) in [6.45, 7) is 3.64. The first-order chi connectivity index (χ1) is 13.6. The molecule has 140 valence electrons. The van der Waals surface area contributed by atoms with Crippen LogP contribution in [0.4, 0.5) is 5.69 Å². The van der Waals surface area contributed by atoms with Crippen molar-refractivity contribution < 1.29 is 4.79 Å². The Morgan fingerprint density at radius 2 is 1.82 bits per heavy atom. The average molecular weight is 372 g/mol. The zero-order chi connectivity index (χ0) is 19.5. The Labute approximate surface area is 162 Å². The highest BCUT2D eigenvalue weighted by Gasteiger charge is 2.14. The largest absolute Gasteiger partial charge is 0.326 e. The first-order valence-corrected chi connectivity index (χ1v) is 8.97. The van der Waals surface area contributed by atoms with E-state index in [9.17, 15) is 4.79 Å². The standard InChI is InChI=1S/C21H20N6O/c1-15(17-5-9-20(10-6-17)27-14-22-13-24-27)26-12-11-23-21(26)18-3-7-19(8-4-18)25-16(2)28/h3-15H,1-2H3,(H,25,28)/t15-/m1/s1. The number of nitrogens with zero attached hydrogens (tertiary/aromatic N) is 5. The summed E-state index contributed by atoms with van der Waals surface area (Å²) in [6, 6.07) is 16.0. The van der Waals surface area contributed by atoms with Gasteiger partial charge >= 0.3 is 0 Å². The first-order valence-electron chi connectivity index (χ1n) is 8.97. The molecular formula is C21H20N6O. The average Bonchev–Trinajstić information content (AvgIpc) is 3.40. The molecule has 7 heteroatoms. The molecule has 0 saturated heterocycles. The van der Waals surface area contributed by atoms with E-state index in [0.29, 0.717) is 0 Å². The maximum absolute atomic E-state index is 11.2. The molecule has 0 unspecified atom stereocenters. The maximum atomic E-state index is 11.2. The van der Waals surface area contributed by atoms with Crippen LogP contribution in [0, 0.1) is 0 Å². The van der Waals surface area contributed by atoms with Gasteiger partial charge in [0.1, 0.15) is 18.5 Å². The number of benzene rings is 2. The normalized spacial score (nSPS) is 11.9. The molecule has 1 atom stereocenters. The van der Waals surface area contributed by atoms with Crippen LogP contribution in [-0.4, -0.2) is 30.2 Å². The highest BCUT2D eigenvalue weighted by Crippen LogP contribution is 2.27. The summed E-state index contributed by atoms with van der Waals surface area (Å²) in [5, 5.41) is 6.93. The summed E-state index contributed by atoms with van der Waals surface area (Å²) in [5.74, 6) is 0.791. The summed E-state index contributed by atoms with van der Waals surface area (Å²) < 4.78 is 3.87. The molecule has 2 aromatic carbocycles. The van der Waals surface area contributed by atoms with Crippen molar-refractivity contribution in [2.75, 3.05) is 5.32 Å². The fraction of sp³-hybridized carbons (Fsp3) is 0.143. The van der Waals surface area contributed by atoms with Crippen molar-refractivity contribution >= 4 is 11.6 Å². The first kappa shape index (κ1) is 17.7. The van der Waals surface area contributed by atoms with Crippen LogP contribution in [0.25, 0.3) is 17.1 Å². The Balaban J connectivity index is 1.59. The predicted molar refractivity (Wildman–Crippen MR) is 107 cm³/mol. The number of imidazole rings is 1. The fourth-order valence-corrected chi connectivity index (χ4v) is 3.16.